The van der Waals surface area contributed by atoms with Gasteiger partial charge in [-0.3, -0.25) is 0 Å². The van der Waals surface area contributed by atoms with E-state index in [9.17, 15) is 4.79 Å². The molecule has 0 bridgehead atoms. The predicted octanol–water partition coefficient (Wildman–Crippen LogP) is 4.26. The van der Waals surface area contributed by atoms with Crippen LogP contribution in [-0.2, 0) is 0 Å². The average Bonchev–Trinajstić information content (AvgIpc) is 2.31. The Morgan fingerprint density at radius 2 is 2.06 bits per heavy atom. The number of benzene rings is 1. The lowest BCUT2D eigenvalue weighted by Gasteiger charge is -2.24. The minimum Gasteiger partial charge on any atom is -0.325 e. The first kappa shape index (κ1) is 14.1. The van der Waals surface area contributed by atoms with E-state index in [0.29, 0.717) is 15.7 Å². The number of nitrogens with one attached hydrogen (secondary N) is 1. The highest BCUT2D eigenvalue weighted by Gasteiger charge is 2.14. The Balaban J connectivity index is 2.71. The molecule has 94 valence electrons. The van der Waals surface area contributed by atoms with Gasteiger partial charge in [-0.2, -0.15) is 0 Å². The third-order valence-corrected chi connectivity index (χ3v) is 3.48. The molecule has 0 unspecified atom stereocenters. The van der Waals surface area contributed by atoms with Crippen molar-refractivity contribution in [1.82, 2.24) is 4.90 Å². The fourth-order valence-corrected chi connectivity index (χ4v) is 1.56. The van der Waals surface area contributed by atoms with Crippen LogP contribution in [-0.4, -0.2) is 24.0 Å². The number of amides is 2. The summed E-state index contributed by atoms with van der Waals surface area (Å²) in [5, 5.41) is 3.67. The first-order chi connectivity index (χ1) is 7.95. The quantitative estimate of drug-likeness (QED) is 0.878. The summed E-state index contributed by atoms with van der Waals surface area (Å²) >= 11 is 11.7. The molecule has 1 rings (SSSR count). The van der Waals surface area contributed by atoms with Crippen LogP contribution < -0.4 is 5.32 Å². The van der Waals surface area contributed by atoms with Crippen molar-refractivity contribution in [2.75, 3.05) is 12.4 Å². The molecule has 5 heteroatoms. The van der Waals surface area contributed by atoms with Crippen molar-refractivity contribution in [3.05, 3.63) is 28.2 Å². The standard InChI is InChI=1S/C12H16Cl2N2O/c1-4-8(2)16(3)12(17)15-9-5-6-10(13)11(14)7-9/h5-8H,4H2,1-3H3,(H,15,17)/t8-/m1/s1. The third-order valence-electron chi connectivity index (χ3n) is 2.74. The number of rotatable bonds is 3. The molecule has 0 aliphatic heterocycles. The highest BCUT2D eigenvalue weighted by Crippen LogP contribution is 2.25. The first-order valence-corrected chi connectivity index (χ1v) is 6.20. The lowest BCUT2D eigenvalue weighted by Crippen LogP contribution is -2.37. The zero-order valence-electron chi connectivity index (χ0n) is 10.1. The minimum atomic E-state index is -0.155. The van der Waals surface area contributed by atoms with Gasteiger partial charge in [0.1, 0.15) is 0 Å². The molecule has 0 spiro atoms. The number of nitrogens with zero attached hydrogens (tertiary/aromatic N) is 1. The monoisotopic (exact) mass is 274 g/mol. The highest BCUT2D eigenvalue weighted by molar-refractivity contribution is 6.42. The van der Waals surface area contributed by atoms with E-state index in [1.807, 2.05) is 13.8 Å². The Kier molecular flexibility index (Phi) is 5.09. The normalized spacial score (nSPS) is 12.1. The number of anilines is 1. The number of urea groups is 1. The minimum absolute atomic E-state index is 0.155. The molecular formula is C12H16Cl2N2O. The Labute approximate surface area is 112 Å². The zero-order valence-corrected chi connectivity index (χ0v) is 11.6. The van der Waals surface area contributed by atoms with Crippen molar-refractivity contribution >= 4 is 34.9 Å². The molecule has 0 aliphatic carbocycles. The molecule has 0 aliphatic rings. The van der Waals surface area contributed by atoms with Gasteiger partial charge in [-0.25, -0.2) is 4.79 Å². The zero-order chi connectivity index (χ0) is 13.0. The van der Waals surface area contributed by atoms with Gasteiger partial charge in [0, 0.05) is 18.8 Å². The van der Waals surface area contributed by atoms with Gasteiger partial charge < -0.3 is 10.2 Å². The molecular weight excluding hydrogens is 259 g/mol. The van der Waals surface area contributed by atoms with Crippen molar-refractivity contribution in [1.29, 1.82) is 0 Å². The maximum atomic E-state index is 11.8. The number of hydrogen-bond donors (Lipinski definition) is 1. The summed E-state index contributed by atoms with van der Waals surface area (Å²) in [6.45, 7) is 4.03. The molecule has 1 atom stereocenters. The Morgan fingerprint density at radius 3 is 2.59 bits per heavy atom. The van der Waals surface area contributed by atoms with Crippen LogP contribution in [0.2, 0.25) is 10.0 Å². The maximum absolute atomic E-state index is 11.8. The van der Waals surface area contributed by atoms with E-state index in [1.54, 1.807) is 30.1 Å². The van der Waals surface area contributed by atoms with Crippen molar-refractivity contribution in [2.45, 2.75) is 26.3 Å². The molecule has 0 fully saturated rings. The smallest absolute Gasteiger partial charge is 0.321 e. The molecule has 1 aromatic carbocycles. The van der Waals surface area contributed by atoms with E-state index in [0.717, 1.165) is 6.42 Å². The van der Waals surface area contributed by atoms with E-state index in [2.05, 4.69) is 5.32 Å². The van der Waals surface area contributed by atoms with Crippen molar-refractivity contribution in [3.8, 4) is 0 Å². The van der Waals surface area contributed by atoms with Crippen LogP contribution in [0.25, 0.3) is 0 Å². The van der Waals surface area contributed by atoms with E-state index in [4.69, 9.17) is 23.2 Å². The summed E-state index contributed by atoms with van der Waals surface area (Å²) < 4.78 is 0. The van der Waals surface area contributed by atoms with Crippen LogP contribution in [0.4, 0.5) is 10.5 Å². The number of carbonyl (C=O) groups excluding carboxylic acids is 1. The second-order valence-corrected chi connectivity index (χ2v) is 4.74. The number of carbonyl (C=O) groups is 1. The Hall–Kier alpha value is -0.930. The molecule has 1 N–H and O–H groups in total. The predicted molar refractivity (Wildman–Crippen MR) is 73.0 cm³/mol. The summed E-state index contributed by atoms with van der Waals surface area (Å²) in [5.74, 6) is 0. The lowest BCUT2D eigenvalue weighted by molar-refractivity contribution is 0.206. The molecule has 0 saturated heterocycles. The molecule has 2 amide bonds. The largest absolute Gasteiger partial charge is 0.325 e. The molecule has 0 heterocycles. The van der Waals surface area contributed by atoms with E-state index in [1.165, 1.54) is 0 Å². The molecule has 1 aromatic rings. The molecule has 0 radical (unpaired) electrons. The average molecular weight is 275 g/mol. The second-order valence-electron chi connectivity index (χ2n) is 3.93. The fourth-order valence-electron chi connectivity index (χ4n) is 1.26. The van der Waals surface area contributed by atoms with Crippen LogP contribution in [0.15, 0.2) is 18.2 Å². The maximum Gasteiger partial charge on any atom is 0.321 e. The topological polar surface area (TPSA) is 32.3 Å². The van der Waals surface area contributed by atoms with Crippen molar-refractivity contribution in [2.24, 2.45) is 0 Å². The van der Waals surface area contributed by atoms with Gasteiger partial charge in [0.05, 0.1) is 10.0 Å². The molecule has 0 aromatic heterocycles. The highest BCUT2D eigenvalue weighted by atomic mass is 35.5. The number of hydrogen-bond acceptors (Lipinski definition) is 1. The van der Waals surface area contributed by atoms with Crippen LogP contribution in [0.3, 0.4) is 0 Å². The van der Waals surface area contributed by atoms with Gasteiger partial charge in [-0.15, -0.1) is 0 Å². The summed E-state index contributed by atoms with van der Waals surface area (Å²) in [4.78, 5) is 13.5. The van der Waals surface area contributed by atoms with Crippen molar-refractivity contribution in [3.63, 3.8) is 0 Å². The van der Waals surface area contributed by atoms with Gasteiger partial charge in [0.2, 0.25) is 0 Å². The summed E-state index contributed by atoms with van der Waals surface area (Å²) in [5.41, 5.74) is 0.638. The van der Waals surface area contributed by atoms with E-state index >= 15 is 0 Å². The lowest BCUT2D eigenvalue weighted by atomic mass is 10.2. The summed E-state index contributed by atoms with van der Waals surface area (Å²) in [6.07, 6.45) is 0.908. The van der Waals surface area contributed by atoms with Gasteiger partial charge >= 0.3 is 6.03 Å². The molecule has 17 heavy (non-hydrogen) atoms. The number of halogens is 2. The van der Waals surface area contributed by atoms with Crippen molar-refractivity contribution < 1.29 is 4.79 Å². The Bertz CT molecular complexity index is 409. The van der Waals surface area contributed by atoms with E-state index < -0.39 is 0 Å². The summed E-state index contributed by atoms with van der Waals surface area (Å²) in [6, 6.07) is 5.04. The van der Waals surface area contributed by atoms with Crippen LogP contribution in [0, 0.1) is 0 Å². The second kappa shape index (κ2) is 6.12. The SMILES string of the molecule is CC[C@@H](C)N(C)C(=O)Nc1ccc(Cl)c(Cl)c1. The van der Waals surface area contributed by atoms with Crippen LogP contribution in [0.1, 0.15) is 20.3 Å². The van der Waals surface area contributed by atoms with Crippen LogP contribution in [0.5, 0.6) is 0 Å². The fraction of sp³-hybridized carbons (Fsp3) is 0.417. The molecule has 3 nitrogen and oxygen atoms in total. The third kappa shape index (κ3) is 3.79. The Morgan fingerprint density at radius 1 is 1.41 bits per heavy atom. The summed E-state index contributed by atoms with van der Waals surface area (Å²) in [7, 11) is 1.76. The van der Waals surface area contributed by atoms with E-state index in [-0.39, 0.29) is 12.1 Å². The molecule has 0 saturated carbocycles. The van der Waals surface area contributed by atoms with Crippen LogP contribution >= 0.6 is 23.2 Å². The van der Waals surface area contributed by atoms with Gasteiger partial charge in [0.15, 0.2) is 0 Å². The first-order valence-electron chi connectivity index (χ1n) is 5.44. The van der Waals surface area contributed by atoms with Gasteiger partial charge in [-0.1, -0.05) is 30.1 Å². The van der Waals surface area contributed by atoms with Gasteiger partial charge in [-0.05, 0) is 31.5 Å². The van der Waals surface area contributed by atoms with Gasteiger partial charge in [0.25, 0.3) is 0 Å².